The summed E-state index contributed by atoms with van der Waals surface area (Å²) in [7, 11) is 0. The first kappa shape index (κ1) is 18.2. The average molecular weight is 350 g/mol. The van der Waals surface area contributed by atoms with Crippen molar-refractivity contribution in [3.63, 3.8) is 0 Å². The Bertz CT molecular complexity index is 843. The van der Waals surface area contributed by atoms with Gasteiger partial charge in [0.15, 0.2) is 0 Å². The van der Waals surface area contributed by atoms with E-state index in [-0.39, 0.29) is 0 Å². The molecule has 0 N–H and O–H groups in total. The zero-order valence-corrected chi connectivity index (χ0v) is 15.9. The number of aromatic nitrogens is 2. The normalized spacial score (nSPS) is 11.3. The minimum absolute atomic E-state index is 0.412. The number of nitrogens with zero attached hydrogens (tertiary/aromatic N) is 2. The summed E-state index contributed by atoms with van der Waals surface area (Å²) in [5.41, 5.74) is 3.36. The summed E-state index contributed by atoms with van der Waals surface area (Å²) in [5.74, 6) is 2.42. The van der Waals surface area contributed by atoms with Crippen LogP contribution in [0.3, 0.4) is 0 Å². The van der Waals surface area contributed by atoms with Crippen LogP contribution in [0.1, 0.15) is 50.7 Å². The summed E-state index contributed by atoms with van der Waals surface area (Å²) in [6, 6.07) is 14.2. The maximum Gasteiger partial charge on any atom is 0.224 e. The van der Waals surface area contributed by atoms with Crippen LogP contribution in [0.4, 0.5) is 0 Å². The third-order valence-electron chi connectivity index (χ3n) is 4.39. The number of fused-ring (bicyclic) bond motifs is 1. The van der Waals surface area contributed by atoms with E-state index in [9.17, 15) is 0 Å². The Kier molecular flexibility index (Phi) is 5.71. The van der Waals surface area contributed by atoms with Gasteiger partial charge in [0.1, 0.15) is 25.3 Å². The van der Waals surface area contributed by atoms with Gasteiger partial charge < -0.3 is 9.47 Å². The molecular weight excluding hydrogens is 324 g/mol. The number of para-hydroxylation sites is 2. The van der Waals surface area contributed by atoms with Crippen molar-refractivity contribution in [1.82, 2.24) is 9.97 Å². The molecule has 0 fully saturated rings. The number of hydrogen-bond donors (Lipinski definition) is 0. The molecule has 3 aromatic rings. The van der Waals surface area contributed by atoms with Gasteiger partial charge in [0.2, 0.25) is 5.88 Å². The van der Waals surface area contributed by atoms with E-state index >= 15 is 0 Å². The molecule has 4 nitrogen and oxygen atoms in total. The summed E-state index contributed by atoms with van der Waals surface area (Å²) >= 11 is 0. The molecule has 0 saturated carbocycles. The Morgan fingerprint density at radius 2 is 1.42 bits per heavy atom. The number of rotatable bonds is 7. The second kappa shape index (κ2) is 8.17. The molecule has 0 saturated heterocycles. The first-order chi connectivity index (χ1) is 12.6. The van der Waals surface area contributed by atoms with E-state index in [4.69, 9.17) is 9.47 Å². The van der Waals surface area contributed by atoms with E-state index in [2.05, 4.69) is 55.9 Å². The van der Waals surface area contributed by atoms with Crippen LogP contribution in [-0.2, 0) is 0 Å². The lowest BCUT2D eigenvalue weighted by molar-refractivity contribution is 0.210. The van der Waals surface area contributed by atoms with Gasteiger partial charge in [-0.25, -0.2) is 9.97 Å². The quantitative estimate of drug-likeness (QED) is 0.540. The number of ether oxygens (including phenoxy) is 2. The fourth-order valence-corrected chi connectivity index (χ4v) is 3.03. The maximum atomic E-state index is 6.16. The molecular formula is C22H26N2O2. The fourth-order valence-electron chi connectivity index (χ4n) is 3.03. The van der Waals surface area contributed by atoms with E-state index in [1.54, 1.807) is 0 Å². The topological polar surface area (TPSA) is 44.2 Å². The Morgan fingerprint density at radius 1 is 0.769 bits per heavy atom. The van der Waals surface area contributed by atoms with Crippen molar-refractivity contribution in [2.45, 2.75) is 39.5 Å². The number of hydrogen-bond acceptors (Lipinski definition) is 4. The molecule has 2 aromatic carbocycles. The Labute approximate surface area is 155 Å². The van der Waals surface area contributed by atoms with Crippen molar-refractivity contribution >= 4 is 10.9 Å². The summed E-state index contributed by atoms with van der Waals surface area (Å²) in [4.78, 5) is 8.51. The van der Waals surface area contributed by atoms with Crippen LogP contribution in [0, 0.1) is 0 Å². The second-order valence-electron chi connectivity index (χ2n) is 6.97. The average Bonchev–Trinajstić information content (AvgIpc) is 2.65. The van der Waals surface area contributed by atoms with Gasteiger partial charge in [-0.05, 0) is 35.1 Å². The van der Waals surface area contributed by atoms with Gasteiger partial charge in [-0.2, -0.15) is 0 Å². The molecule has 0 spiro atoms. The molecule has 1 heterocycles. The zero-order valence-electron chi connectivity index (χ0n) is 15.9. The molecule has 0 atom stereocenters. The molecule has 4 heteroatoms. The van der Waals surface area contributed by atoms with Crippen LogP contribution in [0.15, 0.2) is 48.8 Å². The van der Waals surface area contributed by atoms with Crippen LogP contribution >= 0.6 is 0 Å². The van der Waals surface area contributed by atoms with E-state index in [0.717, 1.165) is 16.7 Å². The van der Waals surface area contributed by atoms with Gasteiger partial charge in [0.05, 0.1) is 10.9 Å². The molecule has 0 aliphatic heterocycles. The highest BCUT2D eigenvalue weighted by Gasteiger charge is 2.15. The van der Waals surface area contributed by atoms with E-state index < -0.39 is 0 Å². The highest BCUT2D eigenvalue weighted by molar-refractivity contribution is 5.82. The molecule has 0 aliphatic carbocycles. The number of benzene rings is 2. The predicted molar refractivity (Wildman–Crippen MR) is 105 cm³/mol. The van der Waals surface area contributed by atoms with Crippen molar-refractivity contribution in [2.24, 2.45) is 0 Å². The summed E-state index contributed by atoms with van der Waals surface area (Å²) in [6.45, 7) is 9.67. The van der Waals surface area contributed by atoms with Crippen LogP contribution in [0.25, 0.3) is 10.9 Å². The molecule has 0 unspecified atom stereocenters. The summed E-state index contributed by atoms with van der Waals surface area (Å²) in [6.07, 6.45) is 1.53. The maximum absolute atomic E-state index is 6.16. The molecule has 3 rings (SSSR count). The van der Waals surface area contributed by atoms with Gasteiger partial charge in [-0.15, -0.1) is 0 Å². The fraction of sp³-hybridized carbons (Fsp3) is 0.364. The highest BCUT2D eigenvalue weighted by atomic mass is 16.5. The van der Waals surface area contributed by atoms with E-state index in [1.807, 2.05) is 24.3 Å². The van der Waals surface area contributed by atoms with Crippen LogP contribution in [-0.4, -0.2) is 23.2 Å². The van der Waals surface area contributed by atoms with Crippen molar-refractivity contribution in [3.05, 3.63) is 59.9 Å². The van der Waals surface area contributed by atoms with Crippen molar-refractivity contribution in [3.8, 4) is 11.6 Å². The van der Waals surface area contributed by atoms with Crippen LogP contribution in [0.2, 0.25) is 0 Å². The standard InChI is InChI=1S/C22H26N2O2/c1-15(2)17-9-7-10-18(16(3)4)21(17)25-12-13-26-22-19-8-5-6-11-20(19)23-14-24-22/h5-11,14-16H,12-13H2,1-4H3. The van der Waals surface area contributed by atoms with Crippen molar-refractivity contribution < 1.29 is 9.47 Å². The Hall–Kier alpha value is -2.62. The third kappa shape index (κ3) is 3.96. The van der Waals surface area contributed by atoms with Gasteiger partial charge >= 0.3 is 0 Å². The van der Waals surface area contributed by atoms with Gasteiger partial charge in [0.25, 0.3) is 0 Å². The third-order valence-corrected chi connectivity index (χ3v) is 4.39. The first-order valence-electron chi connectivity index (χ1n) is 9.16. The minimum Gasteiger partial charge on any atom is -0.489 e. The van der Waals surface area contributed by atoms with Crippen LogP contribution < -0.4 is 9.47 Å². The molecule has 0 bridgehead atoms. The largest absolute Gasteiger partial charge is 0.489 e. The van der Waals surface area contributed by atoms with Gasteiger partial charge in [0, 0.05) is 0 Å². The van der Waals surface area contributed by atoms with Crippen molar-refractivity contribution in [1.29, 1.82) is 0 Å². The molecule has 1 aromatic heterocycles. The summed E-state index contributed by atoms with van der Waals surface area (Å²) < 4.78 is 12.0. The first-order valence-corrected chi connectivity index (χ1v) is 9.16. The zero-order chi connectivity index (χ0) is 18.5. The van der Waals surface area contributed by atoms with Gasteiger partial charge in [-0.1, -0.05) is 58.0 Å². The van der Waals surface area contributed by atoms with E-state index in [0.29, 0.717) is 30.9 Å². The molecule has 0 amide bonds. The molecule has 0 aliphatic rings. The van der Waals surface area contributed by atoms with E-state index in [1.165, 1.54) is 17.5 Å². The smallest absolute Gasteiger partial charge is 0.224 e. The lowest BCUT2D eigenvalue weighted by Gasteiger charge is -2.20. The van der Waals surface area contributed by atoms with Crippen LogP contribution in [0.5, 0.6) is 11.6 Å². The summed E-state index contributed by atoms with van der Waals surface area (Å²) in [5, 5.41) is 0.917. The highest BCUT2D eigenvalue weighted by Crippen LogP contribution is 2.34. The lowest BCUT2D eigenvalue weighted by Crippen LogP contribution is -2.12. The minimum atomic E-state index is 0.412. The molecule has 26 heavy (non-hydrogen) atoms. The Balaban J connectivity index is 1.70. The second-order valence-corrected chi connectivity index (χ2v) is 6.97. The predicted octanol–water partition coefficient (Wildman–Crippen LogP) is 5.33. The van der Waals surface area contributed by atoms with Crippen molar-refractivity contribution in [2.75, 3.05) is 13.2 Å². The Morgan fingerprint density at radius 3 is 2.12 bits per heavy atom. The SMILES string of the molecule is CC(C)c1cccc(C(C)C)c1OCCOc1ncnc2ccccc12. The lowest BCUT2D eigenvalue weighted by atomic mass is 9.94. The molecule has 136 valence electrons. The molecule has 0 radical (unpaired) electrons. The van der Waals surface area contributed by atoms with Gasteiger partial charge in [-0.3, -0.25) is 0 Å². The monoisotopic (exact) mass is 350 g/mol.